The molecular weight excluding hydrogens is 248 g/mol. The molecule has 0 aliphatic carbocycles. The number of nitrogens with one attached hydrogen (secondary N) is 1. The van der Waals surface area contributed by atoms with Crippen LogP contribution in [0.3, 0.4) is 0 Å². The molecule has 0 aromatic carbocycles. The molecule has 1 saturated heterocycles. The van der Waals surface area contributed by atoms with Crippen LogP contribution < -0.4 is 11.1 Å². The standard InChI is InChI=1S/C12H20N4O3/c1-16-6-9(5-15-16)10(13)11(17)14-7-12(18-2)3-4-19-8-12/h5-6,10H,3-4,7-8,13H2,1-2H3,(H,14,17). The van der Waals surface area contributed by atoms with Crippen molar-refractivity contribution in [3.05, 3.63) is 18.0 Å². The van der Waals surface area contributed by atoms with Crippen LogP contribution in [0.2, 0.25) is 0 Å². The molecule has 2 heterocycles. The van der Waals surface area contributed by atoms with Crippen molar-refractivity contribution in [2.45, 2.75) is 18.1 Å². The third-order valence-corrected chi connectivity index (χ3v) is 3.45. The Morgan fingerprint density at radius 3 is 3.11 bits per heavy atom. The Bertz CT molecular complexity index is 440. The first-order valence-corrected chi connectivity index (χ1v) is 6.21. The van der Waals surface area contributed by atoms with Gasteiger partial charge in [0.25, 0.3) is 0 Å². The molecule has 2 rings (SSSR count). The second-order valence-corrected chi connectivity index (χ2v) is 4.83. The quantitative estimate of drug-likeness (QED) is 0.740. The zero-order chi connectivity index (χ0) is 13.9. The lowest BCUT2D eigenvalue weighted by Crippen LogP contribution is -2.47. The third kappa shape index (κ3) is 3.12. The molecule has 3 N–H and O–H groups in total. The maximum Gasteiger partial charge on any atom is 0.241 e. The molecule has 0 radical (unpaired) electrons. The third-order valence-electron chi connectivity index (χ3n) is 3.45. The molecule has 1 aliphatic rings. The summed E-state index contributed by atoms with van der Waals surface area (Å²) in [5.74, 6) is -0.240. The Hall–Kier alpha value is -1.44. The molecule has 7 heteroatoms. The smallest absolute Gasteiger partial charge is 0.241 e. The van der Waals surface area contributed by atoms with Gasteiger partial charge in [-0.15, -0.1) is 0 Å². The molecule has 1 aromatic heterocycles. The maximum atomic E-state index is 12.0. The van der Waals surface area contributed by atoms with Gasteiger partial charge in [-0.3, -0.25) is 9.48 Å². The van der Waals surface area contributed by atoms with Crippen LogP contribution in [0.4, 0.5) is 0 Å². The van der Waals surface area contributed by atoms with Gasteiger partial charge in [0, 0.05) is 45.5 Å². The lowest BCUT2D eigenvalue weighted by molar-refractivity contribution is -0.124. The fourth-order valence-electron chi connectivity index (χ4n) is 2.07. The van der Waals surface area contributed by atoms with Gasteiger partial charge < -0.3 is 20.5 Å². The van der Waals surface area contributed by atoms with Gasteiger partial charge in [0.2, 0.25) is 5.91 Å². The van der Waals surface area contributed by atoms with E-state index in [4.69, 9.17) is 15.2 Å². The number of carbonyl (C=O) groups excluding carboxylic acids is 1. The molecule has 0 saturated carbocycles. The highest BCUT2D eigenvalue weighted by molar-refractivity contribution is 5.82. The number of hydrogen-bond donors (Lipinski definition) is 2. The number of aryl methyl sites for hydroxylation is 1. The monoisotopic (exact) mass is 268 g/mol. The minimum Gasteiger partial charge on any atom is -0.378 e. The van der Waals surface area contributed by atoms with E-state index in [0.717, 1.165) is 6.42 Å². The van der Waals surface area contributed by atoms with Crippen LogP contribution in [0.15, 0.2) is 12.4 Å². The number of nitrogens with zero attached hydrogens (tertiary/aromatic N) is 2. The zero-order valence-electron chi connectivity index (χ0n) is 11.3. The first-order valence-electron chi connectivity index (χ1n) is 6.21. The van der Waals surface area contributed by atoms with Gasteiger partial charge in [-0.05, 0) is 0 Å². The van der Waals surface area contributed by atoms with Crippen molar-refractivity contribution in [1.82, 2.24) is 15.1 Å². The number of methoxy groups -OCH3 is 1. The Balaban J connectivity index is 1.90. The van der Waals surface area contributed by atoms with Gasteiger partial charge in [0.05, 0.1) is 12.8 Å². The SMILES string of the molecule is COC1(CNC(=O)C(N)c2cnn(C)c2)CCOC1. The molecule has 0 bridgehead atoms. The highest BCUT2D eigenvalue weighted by Crippen LogP contribution is 2.21. The van der Waals surface area contributed by atoms with Crippen LogP contribution in [-0.2, 0) is 21.3 Å². The van der Waals surface area contributed by atoms with E-state index in [-0.39, 0.29) is 5.91 Å². The number of aromatic nitrogens is 2. The summed E-state index contributed by atoms with van der Waals surface area (Å²) in [4.78, 5) is 12.0. The van der Waals surface area contributed by atoms with Crippen molar-refractivity contribution in [3.8, 4) is 0 Å². The topological polar surface area (TPSA) is 91.4 Å². The molecule has 1 amide bonds. The van der Waals surface area contributed by atoms with Crippen LogP contribution >= 0.6 is 0 Å². The Labute approximate surface area is 112 Å². The molecule has 1 aromatic rings. The summed E-state index contributed by atoms with van der Waals surface area (Å²) in [5.41, 5.74) is 6.15. The summed E-state index contributed by atoms with van der Waals surface area (Å²) in [6.45, 7) is 1.54. The normalized spacial score (nSPS) is 24.4. The van der Waals surface area contributed by atoms with E-state index in [0.29, 0.717) is 25.3 Å². The first-order chi connectivity index (χ1) is 9.06. The number of ether oxygens (including phenoxy) is 2. The zero-order valence-corrected chi connectivity index (χ0v) is 11.3. The van der Waals surface area contributed by atoms with Gasteiger partial charge in [0.15, 0.2) is 0 Å². The average Bonchev–Trinajstić information content (AvgIpc) is 3.04. The van der Waals surface area contributed by atoms with E-state index in [1.165, 1.54) is 0 Å². The highest BCUT2D eigenvalue weighted by atomic mass is 16.5. The van der Waals surface area contributed by atoms with Crippen LogP contribution in [0.1, 0.15) is 18.0 Å². The van der Waals surface area contributed by atoms with Crippen molar-refractivity contribution in [2.24, 2.45) is 12.8 Å². The Morgan fingerprint density at radius 2 is 2.58 bits per heavy atom. The van der Waals surface area contributed by atoms with Crippen molar-refractivity contribution < 1.29 is 14.3 Å². The molecule has 7 nitrogen and oxygen atoms in total. The summed E-state index contributed by atoms with van der Waals surface area (Å²) in [6, 6.07) is -0.718. The van der Waals surface area contributed by atoms with Crippen molar-refractivity contribution >= 4 is 5.91 Å². The van der Waals surface area contributed by atoms with Crippen molar-refractivity contribution in [3.63, 3.8) is 0 Å². The second-order valence-electron chi connectivity index (χ2n) is 4.83. The van der Waals surface area contributed by atoms with Crippen LogP contribution in [0, 0.1) is 0 Å². The molecule has 1 aliphatic heterocycles. The molecule has 19 heavy (non-hydrogen) atoms. The Kier molecular flexibility index (Phi) is 4.18. The van der Waals surface area contributed by atoms with Crippen LogP contribution in [0.5, 0.6) is 0 Å². The fraction of sp³-hybridized carbons (Fsp3) is 0.667. The molecular formula is C12H20N4O3. The van der Waals surface area contributed by atoms with Crippen LogP contribution in [0.25, 0.3) is 0 Å². The summed E-state index contributed by atoms with van der Waals surface area (Å²) in [5, 5.41) is 6.82. The van der Waals surface area contributed by atoms with E-state index in [1.54, 1.807) is 31.2 Å². The largest absolute Gasteiger partial charge is 0.378 e. The maximum absolute atomic E-state index is 12.0. The van der Waals surface area contributed by atoms with Crippen molar-refractivity contribution in [2.75, 3.05) is 26.9 Å². The van der Waals surface area contributed by atoms with E-state index in [1.807, 2.05) is 0 Å². The number of nitrogens with two attached hydrogens (primary N) is 1. The van der Waals surface area contributed by atoms with E-state index in [2.05, 4.69) is 10.4 Å². The molecule has 2 atom stereocenters. The van der Waals surface area contributed by atoms with Crippen LogP contribution in [-0.4, -0.2) is 48.2 Å². The molecule has 106 valence electrons. The number of carbonyl (C=O) groups is 1. The van der Waals surface area contributed by atoms with Crippen molar-refractivity contribution in [1.29, 1.82) is 0 Å². The fourth-order valence-corrected chi connectivity index (χ4v) is 2.07. The second kappa shape index (κ2) is 5.68. The molecule has 0 spiro atoms. The summed E-state index contributed by atoms with van der Waals surface area (Å²) >= 11 is 0. The minimum absolute atomic E-state index is 0.240. The predicted molar refractivity (Wildman–Crippen MR) is 68.3 cm³/mol. The first kappa shape index (κ1) is 14.0. The van der Waals surface area contributed by atoms with Gasteiger partial charge in [-0.2, -0.15) is 5.10 Å². The number of hydrogen-bond acceptors (Lipinski definition) is 5. The highest BCUT2D eigenvalue weighted by Gasteiger charge is 2.35. The number of rotatable bonds is 5. The molecule has 1 fully saturated rings. The minimum atomic E-state index is -0.718. The van der Waals surface area contributed by atoms with Gasteiger partial charge in [-0.1, -0.05) is 0 Å². The summed E-state index contributed by atoms with van der Waals surface area (Å²) in [7, 11) is 3.41. The summed E-state index contributed by atoms with van der Waals surface area (Å²) in [6.07, 6.45) is 4.09. The number of amides is 1. The van der Waals surface area contributed by atoms with E-state index < -0.39 is 11.6 Å². The summed E-state index contributed by atoms with van der Waals surface area (Å²) < 4.78 is 12.4. The Morgan fingerprint density at radius 1 is 1.79 bits per heavy atom. The van der Waals surface area contributed by atoms with E-state index in [9.17, 15) is 4.79 Å². The molecule has 2 unspecified atom stereocenters. The van der Waals surface area contributed by atoms with Gasteiger partial charge >= 0.3 is 0 Å². The average molecular weight is 268 g/mol. The lowest BCUT2D eigenvalue weighted by atomic mass is 10.0. The van der Waals surface area contributed by atoms with Gasteiger partial charge in [0.1, 0.15) is 11.6 Å². The van der Waals surface area contributed by atoms with E-state index >= 15 is 0 Å². The van der Waals surface area contributed by atoms with Gasteiger partial charge in [-0.25, -0.2) is 0 Å². The lowest BCUT2D eigenvalue weighted by Gasteiger charge is -2.26. The predicted octanol–water partition coefficient (Wildman–Crippen LogP) is -0.658.